The minimum atomic E-state index is -0.124. The van der Waals surface area contributed by atoms with Crippen LogP contribution in [-0.4, -0.2) is 29.7 Å². The molecule has 0 fully saturated rings. The molecule has 0 bridgehead atoms. The van der Waals surface area contributed by atoms with Gasteiger partial charge in [-0.05, 0) is 13.3 Å². The SMILES string of the molecule is CCC(COC)Nc1nc(C(C)(C)C)nc(N)c1C. The minimum absolute atomic E-state index is 0.124. The molecule has 5 heteroatoms. The van der Waals surface area contributed by atoms with Crippen molar-refractivity contribution in [3.8, 4) is 0 Å². The fraction of sp³-hybridized carbons (Fsp3) is 0.714. The number of rotatable bonds is 5. The summed E-state index contributed by atoms with van der Waals surface area (Å²) >= 11 is 0. The number of aromatic nitrogens is 2. The number of anilines is 2. The first-order valence-electron chi connectivity index (χ1n) is 6.69. The van der Waals surface area contributed by atoms with Gasteiger partial charge in [-0.2, -0.15) is 0 Å². The zero-order valence-corrected chi connectivity index (χ0v) is 12.9. The Labute approximate surface area is 116 Å². The summed E-state index contributed by atoms with van der Waals surface area (Å²) in [6.07, 6.45) is 0.960. The minimum Gasteiger partial charge on any atom is -0.383 e. The predicted molar refractivity (Wildman–Crippen MR) is 79.5 cm³/mol. The Bertz CT molecular complexity index is 426. The molecule has 0 saturated heterocycles. The number of nitrogens with one attached hydrogen (secondary N) is 1. The molecular weight excluding hydrogens is 240 g/mol. The van der Waals surface area contributed by atoms with Crippen molar-refractivity contribution < 1.29 is 4.74 Å². The maximum atomic E-state index is 5.99. The van der Waals surface area contributed by atoms with Gasteiger partial charge in [0.05, 0.1) is 12.6 Å². The number of nitrogen functional groups attached to an aromatic ring is 1. The summed E-state index contributed by atoms with van der Waals surface area (Å²) in [7, 11) is 1.70. The van der Waals surface area contributed by atoms with Gasteiger partial charge >= 0.3 is 0 Å². The molecular formula is C14H26N4O. The van der Waals surface area contributed by atoms with Gasteiger partial charge in [-0.1, -0.05) is 27.7 Å². The topological polar surface area (TPSA) is 73.1 Å². The Kier molecular flexibility index (Phi) is 5.11. The lowest BCUT2D eigenvalue weighted by Gasteiger charge is -2.22. The highest BCUT2D eigenvalue weighted by Crippen LogP contribution is 2.25. The maximum Gasteiger partial charge on any atom is 0.138 e. The Morgan fingerprint density at radius 3 is 2.42 bits per heavy atom. The summed E-state index contributed by atoms with van der Waals surface area (Å²) in [6.45, 7) is 10.9. The summed E-state index contributed by atoms with van der Waals surface area (Å²) in [4.78, 5) is 9.00. The molecule has 0 aliphatic carbocycles. The van der Waals surface area contributed by atoms with E-state index in [2.05, 4.69) is 43.0 Å². The predicted octanol–water partition coefficient (Wildman–Crippen LogP) is 2.50. The van der Waals surface area contributed by atoms with Crippen molar-refractivity contribution in [2.24, 2.45) is 0 Å². The molecule has 5 nitrogen and oxygen atoms in total. The number of hydrogen-bond donors (Lipinski definition) is 2. The van der Waals surface area contributed by atoms with Gasteiger partial charge in [0.15, 0.2) is 0 Å². The second-order valence-electron chi connectivity index (χ2n) is 5.86. The third-order valence-corrected chi connectivity index (χ3v) is 3.06. The summed E-state index contributed by atoms with van der Waals surface area (Å²) in [5.41, 5.74) is 6.75. The maximum absolute atomic E-state index is 5.99. The van der Waals surface area contributed by atoms with Crippen LogP contribution in [0.2, 0.25) is 0 Å². The van der Waals surface area contributed by atoms with E-state index in [1.165, 1.54) is 0 Å². The fourth-order valence-corrected chi connectivity index (χ4v) is 1.67. The largest absolute Gasteiger partial charge is 0.383 e. The van der Waals surface area contributed by atoms with E-state index in [9.17, 15) is 0 Å². The molecule has 3 N–H and O–H groups in total. The molecule has 1 aromatic heterocycles. The molecule has 0 aliphatic heterocycles. The van der Waals surface area contributed by atoms with Crippen LogP contribution in [0.15, 0.2) is 0 Å². The van der Waals surface area contributed by atoms with E-state index in [0.29, 0.717) is 12.4 Å². The van der Waals surface area contributed by atoms with Crippen molar-refractivity contribution in [3.05, 3.63) is 11.4 Å². The second-order valence-corrected chi connectivity index (χ2v) is 5.86. The van der Waals surface area contributed by atoms with Gasteiger partial charge < -0.3 is 15.8 Å². The van der Waals surface area contributed by atoms with Gasteiger partial charge in [0.2, 0.25) is 0 Å². The van der Waals surface area contributed by atoms with Gasteiger partial charge in [0.1, 0.15) is 17.5 Å². The summed E-state index contributed by atoms with van der Waals surface area (Å²) < 4.78 is 5.20. The lowest BCUT2D eigenvalue weighted by atomic mass is 9.95. The third-order valence-electron chi connectivity index (χ3n) is 3.06. The first-order valence-corrected chi connectivity index (χ1v) is 6.69. The molecule has 0 aromatic carbocycles. The lowest BCUT2D eigenvalue weighted by molar-refractivity contribution is 0.184. The summed E-state index contributed by atoms with van der Waals surface area (Å²) in [5, 5.41) is 3.40. The number of hydrogen-bond acceptors (Lipinski definition) is 5. The van der Waals surface area contributed by atoms with E-state index in [-0.39, 0.29) is 11.5 Å². The lowest BCUT2D eigenvalue weighted by Crippen LogP contribution is -2.27. The monoisotopic (exact) mass is 266 g/mol. The fourth-order valence-electron chi connectivity index (χ4n) is 1.67. The van der Waals surface area contributed by atoms with Crippen LogP contribution in [0, 0.1) is 6.92 Å². The van der Waals surface area contributed by atoms with Crippen LogP contribution in [0.3, 0.4) is 0 Å². The number of ether oxygens (including phenoxy) is 1. The van der Waals surface area contributed by atoms with Crippen LogP contribution in [-0.2, 0) is 10.2 Å². The van der Waals surface area contributed by atoms with Crippen molar-refractivity contribution >= 4 is 11.6 Å². The number of methoxy groups -OCH3 is 1. The quantitative estimate of drug-likeness (QED) is 0.856. The molecule has 0 spiro atoms. The van der Waals surface area contributed by atoms with E-state index in [4.69, 9.17) is 10.5 Å². The van der Waals surface area contributed by atoms with Crippen LogP contribution >= 0.6 is 0 Å². The molecule has 1 aromatic rings. The van der Waals surface area contributed by atoms with Gasteiger partial charge in [-0.15, -0.1) is 0 Å². The van der Waals surface area contributed by atoms with Crippen LogP contribution in [0.1, 0.15) is 45.5 Å². The molecule has 108 valence electrons. The van der Waals surface area contributed by atoms with Crippen LogP contribution in [0.5, 0.6) is 0 Å². The molecule has 0 radical (unpaired) electrons. The van der Waals surface area contributed by atoms with E-state index in [1.807, 2.05) is 6.92 Å². The van der Waals surface area contributed by atoms with Crippen molar-refractivity contribution in [2.75, 3.05) is 24.8 Å². The van der Waals surface area contributed by atoms with Crippen molar-refractivity contribution in [2.45, 2.75) is 52.5 Å². The Morgan fingerprint density at radius 2 is 1.95 bits per heavy atom. The number of nitrogens with two attached hydrogens (primary N) is 1. The Balaban J connectivity index is 3.09. The Morgan fingerprint density at radius 1 is 1.32 bits per heavy atom. The van der Waals surface area contributed by atoms with Gasteiger partial charge in [0, 0.05) is 18.1 Å². The molecule has 0 aliphatic rings. The average Bonchev–Trinajstić information content (AvgIpc) is 2.32. The first kappa shape index (κ1) is 15.7. The standard InChI is InChI=1S/C14H26N4O/c1-7-10(8-19-6)16-12-9(2)11(15)17-13(18-12)14(3,4)5/h10H,7-8H2,1-6H3,(H3,15,16,17,18). The van der Waals surface area contributed by atoms with Crippen LogP contribution in [0.4, 0.5) is 11.6 Å². The van der Waals surface area contributed by atoms with Crippen LogP contribution < -0.4 is 11.1 Å². The molecule has 0 amide bonds. The van der Waals surface area contributed by atoms with E-state index < -0.39 is 0 Å². The van der Waals surface area contributed by atoms with Crippen LogP contribution in [0.25, 0.3) is 0 Å². The first-order chi connectivity index (χ1) is 8.79. The molecule has 1 rings (SSSR count). The summed E-state index contributed by atoms with van der Waals surface area (Å²) in [5.74, 6) is 2.10. The van der Waals surface area contributed by atoms with Gasteiger partial charge in [0.25, 0.3) is 0 Å². The molecule has 1 unspecified atom stereocenters. The molecule has 0 saturated carbocycles. The van der Waals surface area contributed by atoms with Gasteiger partial charge in [-0.3, -0.25) is 0 Å². The van der Waals surface area contributed by atoms with Crippen molar-refractivity contribution in [1.29, 1.82) is 0 Å². The zero-order valence-electron chi connectivity index (χ0n) is 12.9. The normalized spacial score (nSPS) is 13.4. The number of nitrogens with zero attached hydrogens (tertiary/aromatic N) is 2. The molecule has 19 heavy (non-hydrogen) atoms. The van der Waals surface area contributed by atoms with Crippen molar-refractivity contribution in [3.63, 3.8) is 0 Å². The highest BCUT2D eigenvalue weighted by Gasteiger charge is 2.21. The second kappa shape index (κ2) is 6.19. The highest BCUT2D eigenvalue weighted by molar-refractivity contribution is 5.55. The van der Waals surface area contributed by atoms with Gasteiger partial charge in [-0.25, -0.2) is 9.97 Å². The van der Waals surface area contributed by atoms with E-state index in [1.54, 1.807) is 7.11 Å². The smallest absolute Gasteiger partial charge is 0.138 e. The third kappa shape index (κ3) is 4.06. The van der Waals surface area contributed by atoms with Crippen molar-refractivity contribution in [1.82, 2.24) is 9.97 Å². The highest BCUT2D eigenvalue weighted by atomic mass is 16.5. The average molecular weight is 266 g/mol. The van der Waals surface area contributed by atoms with E-state index in [0.717, 1.165) is 23.6 Å². The zero-order chi connectivity index (χ0) is 14.6. The Hall–Kier alpha value is -1.36. The molecule has 1 heterocycles. The molecule has 1 atom stereocenters. The van der Waals surface area contributed by atoms with E-state index >= 15 is 0 Å². The summed E-state index contributed by atoms with van der Waals surface area (Å²) in [6, 6.07) is 0.228.